The molecule has 0 heterocycles. The van der Waals surface area contributed by atoms with E-state index in [0.29, 0.717) is 5.69 Å². The number of benzene rings is 2. The Morgan fingerprint density at radius 1 is 1.23 bits per heavy atom. The second-order valence-corrected chi connectivity index (χ2v) is 10.5. The van der Waals surface area contributed by atoms with E-state index >= 15 is 0 Å². The van der Waals surface area contributed by atoms with Crippen molar-refractivity contribution in [1.29, 1.82) is 0 Å². The van der Waals surface area contributed by atoms with E-state index in [0.717, 1.165) is 13.7 Å². The van der Waals surface area contributed by atoms with E-state index in [1.807, 2.05) is 24.3 Å². The standard InChI is InChI=1S/C17H18BrClN2O3S2/c1-11(25-14-6-4-5-12(18)9-14)17(22)20-13-7-8-15(19)16(10-13)26(23,24)21(2)3/h4-11H,1-3H3,(H,20,22). The van der Waals surface area contributed by atoms with Gasteiger partial charge >= 0.3 is 0 Å². The minimum absolute atomic E-state index is 0.0470. The van der Waals surface area contributed by atoms with Gasteiger partial charge < -0.3 is 5.32 Å². The minimum Gasteiger partial charge on any atom is -0.325 e. The summed E-state index contributed by atoms with van der Waals surface area (Å²) in [4.78, 5) is 13.4. The molecule has 0 saturated heterocycles. The average molecular weight is 478 g/mol. The molecule has 0 saturated carbocycles. The van der Waals surface area contributed by atoms with E-state index < -0.39 is 10.0 Å². The molecule has 0 radical (unpaired) electrons. The maximum atomic E-state index is 12.4. The molecule has 0 spiro atoms. The zero-order valence-corrected chi connectivity index (χ0v) is 18.3. The summed E-state index contributed by atoms with van der Waals surface area (Å²) in [6, 6.07) is 12.1. The second-order valence-electron chi connectivity index (χ2n) is 5.64. The van der Waals surface area contributed by atoms with Crippen molar-refractivity contribution in [2.24, 2.45) is 0 Å². The highest BCUT2D eigenvalue weighted by Crippen LogP contribution is 2.29. The summed E-state index contributed by atoms with van der Waals surface area (Å²) < 4.78 is 26.6. The van der Waals surface area contributed by atoms with Crippen molar-refractivity contribution >= 4 is 60.9 Å². The van der Waals surface area contributed by atoms with Gasteiger partial charge in [0, 0.05) is 29.2 Å². The van der Waals surface area contributed by atoms with Crippen LogP contribution in [0.4, 0.5) is 5.69 Å². The summed E-state index contributed by atoms with van der Waals surface area (Å²) >= 11 is 10.8. The van der Waals surface area contributed by atoms with Gasteiger partial charge in [-0.2, -0.15) is 0 Å². The fourth-order valence-corrected chi connectivity index (χ4v) is 4.89. The highest BCUT2D eigenvalue weighted by Gasteiger charge is 2.22. The van der Waals surface area contributed by atoms with Gasteiger partial charge in [-0.3, -0.25) is 4.79 Å². The monoisotopic (exact) mass is 476 g/mol. The zero-order chi connectivity index (χ0) is 19.5. The molecular weight excluding hydrogens is 460 g/mol. The number of hydrogen-bond acceptors (Lipinski definition) is 4. The Hall–Kier alpha value is -1.06. The lowest BCUT2D eigenvalue weighted by Gasteiger charge is -2.15. The number of nitrogens with zero attached hydrogens (tertiary/aromatic N) is 1. The van der Waals surface area contributed by atoms with Gasteiger partial charge in [0.15, 0.2) is 0 Å². The van der Waals surface area contributed by atoms with Crippen molar-refractivity contribution in [3.63, 3.8) is 0 Å². The molecule has 0 aliphatic carbocycles. The summed E-state index contributed by atoms with van der Waals surface area (Å²) in [5, 5.41) is 2.48. The highest BCUT2D eigenvalue weighted by atomic mass is 79.9. The molecule has 2 aromatic rings. The van der Waals surface area contributed by atoms with E-state index in [2.05, 4.69) is 21.2 Å². The van der Waals surface area contributed by atoms with Crippen LogP contribution in [0.5, 0.6) is 0 Å². The summed E-state index contributed by atoms with van der Waals surface area (Å²) in [7, 11) is -0.851. The fraction of sp³-hybridized carbons (Fsp3) is 0.235. The lowest BCUT2D eigenvalue weighted by Crippen LogP contribution is -2.24. The third-order valence-electron chi connectivity index (χ3n) is 3.44. The molecule has 0 aromatic heterocycles. The van der Waals surface area contributed by atoms with Gasteiger partial charge in [-0.1, -0.05) is 33.6 Å². The van der Waals surface area contributed by atoms with Crippen LogP contribution in [0.3, 0.4) is 0 Å². The topological polar surface area (TPSA) is 66.5 Å². The SMILES string of the molecule is CC(Sc1cccc(Br)c1)C(=O)Nc1ccc(Cl)c(S(=O)(=O)N(C)C)c1. The van der Waals surface area contributed by atoms with Gasteiger partial charge in [0.1, 0.15) is 4.90 Å². The minimum atomic E-state index is -3.70. The van der Waals surface area contributed by atoms with Gasteiger partial charge in [-0.05, 0) is 43.3 Å². The predicted molar refractivity (Wildman–Crippen MR) is 110 cm³/mol. The third-order valence-corrected chi connectivity index (χ3v) is 7.32. The molecule has 5 nitrogen and oxygen atoms in total. The Labute approximate surface area is 171 Å². The normalized spacial score (nSPS) is 12.8. The van der Waals surface area contributed by atoms with Gasteiger partial charge in [-0.25, -0.2) is 12.7 Å². The maximum absolute atomic E-state index is 12.4. The molecule has 0 aliphatic heterocycles. The van der Waals surface area contributed by atoms with Crippen LogP contribution in [0.15, 0.2) is 56.7 Å². The number of anilines is 1. The molecule has 140 valence electrons. The van der Waals surface area contributed by atoms with Crippen LogP contribution in [0.1, 0.15) is 6.92 Å². The summed E-state index contributed by atoms with van der Waals surface area (Å²) in [5.41, 5.74) is 0.376. The number of rotatable bonds is 6. The molecule has 0 bridgehead atoms. The van der Waals surface area contributed by atoms with Crippen LogP contribution in [-0.4, -0.2) is 38.0 Å². The van der Waals surface area contributed by atoms with Gasteiger partial charge in [0.25, 0.3) is 0 Å². The number of carbonyl (C=O) groups excluding carboxylic acids is 1. The van der Waals surface area contributed by atoms with E-state index in [9.17, 15) is 13.2 Å². The van der Waals surface area contributed by atoms with E-state index in [1.54, 1.807) is 13.0 Å². The Balaban J connectivity index is 2.16. The Morgan fingerprint density at radius 3 is 2.54 bits per heavy atom. The lowest BCUT2D eigenvalue weighted by molar-refractivity contribution is -0.115. The molecule has 9 heteroatoms. The first kappa shape index (κ1) is 21.2. The Bertz CT molecular complexity index is 920. The Kier molecular flexibility index (Phi) is 7.15. The summed E-state index contributed by atoms with van der Waals surface area (Å²) in [6.45, 7) is 1.79. The van der Waals surface area contributed by atoms with Gasteiger partial charge in [-0.15, -0.1) is 11.8 Å². The largest absolute Gasteiger partial charge is 0.325 e. The molecule has 2 aromatic carbocycles. The molecule has 26 heavy (non-hydrogen) atoms. The van der Waals surface area contributed by atoms with E-state index in [-0.39, 0.29) is 21.1 Å². The van der Waals surface area contributed by atoms with Crippen LogP contribution in [0, 0.1) is 0 Å². The van der Waals surface area contributed by atoms with Crippen molar-refractivity contribution in [2.45, 2.75) is 22.0 Å². The van der Waals surface area contributed by atoms with Crippen molar-refractivity contribution in [2.75, 3.05) is 19.4 Å². The molecular formula is C17H18BrClN2O3S2. The van der Waals surface area contributed by atoms with Crippen LogP contribution >= 0.6 is 39.3 Å². The number of hydrogen-bond donors (Lipinski definition) is 1. The van der Waals surface area contributed by atoms with E-state index in [1.165, 1.54) is 38.0 Å². The quantitative estimate of drug-likeness (QED) is 0.623. The first-order valence-corrected chi connectivity index (χ1v) is 11.1. The van der Waals surface area contributed by atoms with Crippen LogP contribution in [0.25, 0.3) is 0 Å². The maximum Gasteiger partial charge on any atom is 0.244 e. The van der Waals surface area contributed by atoms with Crippen molar-refractivity contribution in [1.82, 2.24) is 4.31 Å². The smallest absolute Gasteiger partial charge is 0.244 e. The first-order valence-electron chi connectivity index (χ1n) is 7.56. The second kappa shape index (κ2) is 8.75. The average Bonchev–Trinajstić information content (AvgIpc) is 2.56. The molecule has 2 rings (SSSR count). The molecule has 1 amide bonds. The number of halogens is 2. The van der Waals surface area contributed by atoms with Crippen molar-refractivity contribution < 1.29 is 13.2 Å². The molecule has 1 atom stereocenters. The molecule has 1 N–H and O–H groups in total. The Morgan fingerprint density at radius 2 is 1.92 bits per heavy atom. The van der Waals surface area contributed by atoms with Gasteiger partial charge in [0.2, 0.25) is 15.9 Å². The fourth-order valence-electron chi connectivity index (χ4n) is 2.02. The van der Waals surface area contributed by atoms with Crippen LogP contribution in [-0.2, 0) is 14.8 Å². The summed E-state index contributed by atoms with van der Waals surface area (Å²) in [5.74, 6) is -0.231. The summed E-state index contributed by atoms with van der Waals surface area (Å²) in [6.07, 6.45) is 0. The van der Waals surface area contributed by atoms with Crippen LogP contribution in [0.2, 0.25) is 5.02 Å². The third kappa shape index (κ3) is 5.23. The highest BCUT2D eigenvalue weighted by molar-refractivity contribution is 9.10. The molecule has 0 aliphatic rings. The predicted octanol–water partition coefficient (Wildman–Crippen LogP) is 4.47. The van der Waals surface area contributed by atoms with Crippen molar-refractivity contribution in [3.8, 4) is 0 Å². The molecule has 1 unspecified atom stereocenters. The lowest BCUT2D eigenvalue weighted by atomic mass is 10.3. The number of sulfonamides is 1. The first-order chi connectivity index (χ1) is 12.1. The van der Waals surface area contributed by atoms with Crippen molar-refractivity contribution in [3.05, 3.63) is 52.0 Å². The molecule has 0 fully saturated rings. The van der Waals surface area contributed by atoms with E-state index in [4.69, 9.17) is 11.6 Å². The number of thioether (sulfide) groups is 1. The number of nitrogens with one attached hydrogen (secondary N) is 1. The van der Waals surface area contributed by atoms with Crippen LogP contribution < -0.4 is 5.32 Å². The zero-order valence-electron chi connectivity index (χ0n) is 14.4. The van der Waals surface area contributed by atoms with Gasteiger partial charge in [0.05, 0.1) is 10.3 Å². The number of amides is 1. The number of carbonyl (C=O) groups is 1.